The van der Waals surface area contributed by atoms with Gasteiger partial charge in [0.1, 0.15) is 19.8 Å². The van der Waals surface area contributed by atoms with Crippen LogP contribution in [-0.2, 0) is 32.7 Å². The van der Waals surface area contributed by atoms with Crippen LogP contribution in [0.1, 0.15) is 90.9 Å². The van der Waals surface area contributed by atoms with E-state index in [4.69, 9.17) is 18.5 Å². The molecule has 0 amide bonds. The molecule has 0 saturated heterocycles. The maximum atomic E-state index is 12.5. The molecule has 0 heterocycles. The number of carbonyl (C=O) groups is 2. The van der Waals surface area contributed by atoms with Gasteiger partial charge in [0.25, 0.3) is 7.82 Å². The predicted octanol–water partition coefficient (Wildman–Crippen LogP) is 7.15. The average molecular weight is 640 g/mol. The van der Waals surface area contributed by atoms with Crippen molar-refractivity contribution >= 4 is 19.8 Å². The Hall–Kier alpha value is -2.29. The van der Waals surface area contributed by atoms with Gasteiger partial charge in [0.05, 0.1) is 27.7 Å². The number of ether oxygens (including phenoxy) is 2. The van der Waals surface area contributed by atoms with Gasteiger partial charge in [-0.25, -0.2) is 0 Å². The Morgan fingerprint density at radius 2 is 1.39 bits per heavy atom. The standard InChI is InChI=1S/C34H58NO8P/c1-6-8-10-12-14-15-16-17-18-19-21-23-25-27-34(37)43-32(31-42-44(38,39)41-29-28-35(3,4)5)30-40-33(36)26-24-22-20-13-11-9-7-2/h8-12,14-16,20,22,32H,6-7,13,17-19,21,23-31H2,1-5H3/b10-8+,11-9+,14-12+,16-15+,22-20+. The number of hydrogen-bond acceptors (Lipinski definition) is 8. The first-order valence-corrected chi connectivity index (χ1v) is 17.5. The van der Waals surface area contributed by atoms with Crippen LogP contribution in [0.5, 0.6) is 0 Å². The molecule has 0 fully saturated rings. The van der Waals surface area contributed by atoms with Crippen LogP contribution >= 0.6 is 7.82 Å². The summed E-state index contributed by atoms with van der Waals surface area (Å²) in [6.45, 7) is 3.78. The molecule has 9 nitrogen and oxygen atoms in total. The number of phosphoric acid groups is 1. The van der Waals surface area contributed by atoms with Crippen LogP contribution in [0.15, 0.2) is 60.8 Å². The summed E-state index contributed by atoms with van der Waals surface area (Å²) < 4.78 is 33.4. The highest BCUT2D eigenvalue weighted by atomic mass is 31.2. The van der Waals surface area contributed by atoms with Crippen molar-refractivity contribution in [3.05, 3.63) is 60.8 Å². The van der Waals surface area contributed by atoms with E-state index < -0.39 is 32.5 Å². The topological polar surface area (TPSA) is 111 Å². The largest absolute Gasteiger partial charge is 0.756 e. The lowest BCUT2D eigenvalue weighted by Gasteiger charge is -2.28. The molecular formula is C34H58NO8P. The van der Waals surface area contributed by atoms with Crippen molar-refractivity contribution in [3.8, 4) is 0 Å². The summed E-state index contributed by atoms with van der Waals surface area (Å²) in [5.41, 5.74) is 0. The van der Waals surface area contributed by atoms with Crippen LogP contribution in [0.3, 0.4) is 0 Å². The normalized spacial score (nSPS) is 14.8. The Labute approximate surface area is 266 Å². The van der Waals surface area contributed by atoms with E-state index in [2.05, 4.69) is 44.2 Å². The monoisotopic (exact) mass is 639 g/mol. The zero-order valence-corrected chi connectivity index (χ0v) is 28.7. The number of allylic oxidation sites excluding steroid dienone is 10. The third kappa shape index (κ3) is 29.8. The molecule has 0 radical (unpaired) electrons. The molecule has 0 aliphatic heterocycles. The van der Waals surface area contributed by atoms with Gasteiger partial charge >= 0.3 is 11.9 Å². The molecule has 2 atom stereocenters. The van der Waals surface area contributed by atoms with E-state index in [-0.39, 0.29) is 26.1 Å². The van der Waals surface area contributed by atoms with Crippen LogP contribution in [0.25, 0.3) is 0 Å². The Bertz CT molecular complexity index is 949. The number of quaternary nitrogens is 1. The minimum Gasteiger partial charge on any atom is -0.756 e. The molecule has 0 spiro atoms. The Kier molecular flexibility index (Phi) is 25.6. The van der Waals surface area contributed by atoms with Gasteiger partial charge in [0, 0.05) is 12.8 Å². The van der Waals surface area contributed by atoms with E-state index in [0.717, 1.165) is 51.4 Å². The van der Waals surface area contributed by atoms with E-state index in [1.807, 2.05) is 51.5 Å². The highest BCUT2D eigenvalue weighted by molar-refractivity contribution is 7.45. The van der Waals surface area contributed by atoms with Gasteiger partial charge in [0.15, 0.2) is 6.10 Å². The summed E-state index contributed by atoms with van der Waals surface area (Å²) in [4.78, 5) is 36.9. The number of esters is 2. The molecular weight excluding hydrogens is 581 g/mol. The summed E-state index contributed by atoms with van der Waals surface area (Å²) in [5.74, 6) is -0.959. The van der Waals surface area contributed by atoms with Gasteiger partial charge in [-0.1, -0.05) is 93.9 Å². The van der Waals surface area contributed by atoms with Crippen molar-refractivity contribution in [3.63, 3.8) is 0 Å². The lowest BCUT2D eigenvalue weighted by atomic mass is 10.1. The van der Waals surface area contributed by atoms with Gasteiger partial charge in [0.2, 0.25) is 0 Å². The van der Waals surface area contributed by atoms with Gasteiger partial charge in [-0.2, -0.15) is 0 Å². The van der Waals surface area contributed by atoms with Crippen LogP contribution in [0.4, 0.5) is 0 Å². The van der Waals surface area contributed by atoms with Crippen molar-refractivity contribution in [2.75, 3.05) is 47.5 Å². The van der Waals surface area contributed by atoms with Gasteiger partial charge in [-0.05, 0) is 44.9 Å². The van der Waals surface area contributed by atoms with E-state index in [1.54, 1.807) is 0 Å². The maximum absolute atomic E-state index is 12.5. The fourth-order valence-corrected chi connectivity index (χ4v) is 4.32. The van der Waals surface area contributed by atoms with Crippen LogP contribution in [-0.4, -0.2) is 70.0 Å². The van der Waals surface area contributed by atoms with Crippen molar-refractivity contribution in [2.24, 2.45) is 0 Å². The Morgan fingerprint density at radius 3 is 2.09 bits per heavy atom. The molecule has 44 heavy (non-hydrogen) atoms. The molecule has 0 aliphatic rings. The molecule has 0 bridgehead atoms. The third-order valence-electron chi connectivity index (χ3n) is 6.11. The second-order valence-electron chi connectivity index (χ2n) is 11.5. The van der Waals surface area contributed by atoms with Gasteiger partial charge in [-0.3, -0.25) is 14.2 Å². The molecule has 252 valence electrons. The van der Waals surface area contributed by atoms with E-state index in [9.17, 15) is 19.0 Å². The number of carbonyl (C=O) groups excluding carboxylic acids is 2. The highest BCUT2D eigenvalue weighted by Crippen LogP contribution is 2.38. The van der Waals surface area contributed by atoms with Gasteiger partial charge < -0.3 is 27.9 Å². The fraction of sp³-hybridized carbons (Fsp3) is 0.647. The highest BCUT2D eigenvalue weighted by Gasteiger charge is 2.21. The molecule has 10 heteroatoms. The zero-order valence-electron chi connectivity index (χ0n) is 27.8. The first kappa shape index (κ1) is 41.7. The second kappa shape index (κ2) is 27.1. The van der Waals surface area contributed by atoms with Crippen molar-refractivity contribution in [1.82, 2.24) is 0 Å². The minimum absolute atomic E-state index is 0.0462. The molecule has 0 rings (SSSR count). The van der Waals surface area contributed by atoms with Crippen LogP contribution in [0, 0.1) is 0 Å². The molecule has 0 aromatic rings. The Balaban J connectivity index is 4.61. The summed E-state index contributed by atoms with van der Waals surface area (Å²) in [7, 11) is 1.11. The molecule has 2 unspecified atom stereocenters. The van der Waals surface area contributed by atoms with E-state index in [0.29, 0.717) is 23.9 Å². The SMILES string of the molecule is CC/C=C/C=C/C=C/CCCCCCCC(=O)OC(COC(=O)CC/C=C/C/C=C/CC)COP(=O)([O-])OCC[N+](C)(C)C. The minimum atomic E-state index is -4.63. The van der Waals surface area contributed by atoms with Crippen molar-refractivity contribution < 1.29 is 42.1 Å². The van der Waals surface area contributed by atoms with Crippen LogP contribution < -0.4 is 4.89 Å². The summed E-state index contributed by atoms with van der Waals surface area (Å²) in [5, 5.41) is 0. The number of unbranched alkanes of at least 4 members (excludes halogenated alkanes) is 5. The zero-order chi connectivity index (χ0) is 32.9. The lowest BCUT2D eigenvalue weighted by molar-refractivity contribution is -0.870. The second-order valence-corrected chi connectivity index (χ2v) is 12.9. The molecule has 0 aromatic carbocycles. The maximum Gasteiger partial charge on any atom is 0.306 e. The molecule has 0 saturated carbocycles. The van der Waals surface area contributed by atoms with Crippen molar-refractivity contribution in [1.29, 1.82) is 0 Å². The fourth-order valence-electron chi connectivity index (χ4n) is 3.59. The third-order valence-corrected chi connectivity index (χ3v) is 7.07. The van der Waals surface area contributed by atoms with Gasteiger partial charge in [-0.15, -0.1) is 0 Å². The van der Waals surface area contributed by atoms with Crippen molar-refractivity contribution in [2.45, 2.75) is 97.0 Å². The van der Waals surface area contributed by atoms with E-state index >= 15 is 0 Å². The number of likely N-dealkylation sites (N-methyl/N-ethyl adjacent to an activating group) is 1. The van der Waals surface area contributed by atoms with Crippen LogP contribution in [0.2, 0.25) is 0 Å². The number of nitrogens with zero attached hydrogens (tertiary/aromatic N) is 1. The molecule has 0 aromatic heterocycles. The number of phosphoric ester groups is 1. The Morgan fingerprint density at radius 1 is 0.727 bits per heavy atom. The quantitative estimate of drug-likeness (QED) is 0.0233. The smallest absolute Gasteiger partial charge is 0.306 e. The summed E-state index contributed by atoms with van der Waals surface area (Å²) in [6.07, 6.45) is 28.7. The number of rotatable bonds is 27. The summed E-state index contributed by atoms with van der Waals surface area (Å²) in [6, 6.07) is 0. The molecule has 0 aliphatic carbocycles. The predicted molar refractivity (Wildman–Crippen MR) is 176 cm³/mol. The molecule has 0 N–H and O–H groups in total. The van der Waals surface area contributed by atoms with E-state index in [1.165, 1.54) is 0 Å². The first-order chi connectivity index (χ1) is 21.0. The summed E-state index contributed by atoms with van der Waals surface area (Å²) >= 11 is 0. The first-order valence-electron chi connectivity index (χ1n) is 16.0. The number of hydrogen-bond donors (Lipinski definition) is 0. The average Bonchev–Trinajstić information content (AvgIpc) is 2.95. The lowest BCUT2D eigenvalue weighted by Crippen LogP contribution is -2.37.